The Kier molecular flexibility index (Phi) is 4.61. The van der Waals surface area contributed by atoms with Gasteiger partial charge in [0.25, 0.3) is 0 Å². The molecule has 7 heteroatoms. The molecule has 0 fully saturated rings. The summed E-state index contributed by atoms with van der Waals surface area (Å²) in [6.45, 7) is 5.44. The summed E-state index contributed by atoms with van der Waals surface area (Å²) in [6.07, 6.45) is 2.01. The van der Waals surface area contributed by atoms with Crippen molar-refractivity contribution >= 4 is 0 Å². The zero-order valence-electron chi connectivity index (χ0n) is 15.0. The fourth-order valence-electron chi connectivity index (χ4n) is 3.49. The Morgan fingerprint density at radius 2 is 2.23 bits per heavy atom. The molecule has 2 heterocycles. The molecular weight excluding hydrogens is 337 g/mol. The normalized spacial score (nSPS) is 23.5. The van der Waals surface area contributed by atoms with Gasteiger partial charge in [0.2, 0.25) is 0 Å². The lowest BCUT2D eigenvalue weighted by Crippen LogP contribution is -2.34. The summed E-state index contributed by atoms with van der Waals surface area (Å²) >= 11 is 0. The molecule has 3 rings (SSSR count). The molecular formula is C19H22FN3O3. The third-order valence-electron chi connectivity index (χ3n) is 4.50. The minimum absolute atomic E-state index is 0.0512. The van der Waals surface area contributed by atoms with Crippen LogP contribution in [0.3, 0.4) is 0 Å². The van der Waals surface area contributed by atoms with Crippen molar-refractivity contribution in [2.24, 2.45) is 0 Å². The van der Waals surface area contributed by atoms with E-state index in [9.17, 15) is 14.6 Å². The van der Waals surface area contributed by atoms with Crippen LogP contribution < -0.4 is 0 Å². The third-order valence-corrected chi connectivity index (χ3v) is 4.50. The van der Waals surface area contributed by atoms with Crippen molar-refractivity contribution in [3.8, 4) is 6.07 Å². The van der Waals surface area contributed by atoms with Gasteiger partial charge in [0.1, 0.15) is 11.4 Å². The third kappa shape index (κ3) is 3.49. The van der Waals surface area contributed by atoms with Crippen LogP contribution in [0, 0.1) is 17.1 Å². The predicted octanol–water partition coefficient (Wildman–Crippen LogP) is 2.60. The highest BCUT2D eigenvalue weighted by Gasteiger charge is 2.46. The molecule has 1 aliphatic heterocycles. The quantitative estimate of drug-likeness (QED) is 0.819. The van der Waals surface area contributed by atoms with Crippen LogP contribution in [0.1, 0.15) is 56.5 Å². The molecule has 3 atom stereocenters. The predicted molar refractivity (Wildman–Crippen MR) is 91.5 cm³/mol. The number of hydrogen-bond donors (Lipinski definition) is 2. The molecule has 26 heavy (non-hydrogen) atoms. The highest BCUT2D eigenvalue weighted by Crippen LogP contribution is 2.45. The number of aromatic nitrogens is 2. The largest absolute Gasteiger partial charge is 0.383 e. The average Bonchev–Trinajstić information content (AvgIpc) is 3.09. The number of nitriles is 1. The summed E-state index contributed by atoms with van der Waals surface area (Å²) in [6, 6.07) is 5.70. The highest BCUT2D eigenvalue weighted by molar-refractivity contribution is 5.36. The Labute approximate surface area is 151 Å². The van der Waals surface area contributed by atoms with Crippen LogP contribution in [0.25, 0.3) is 0 Å². The minimum atomic E-state index is -1.40. The second-order valence-electron chi connectivity index (χ2n) is 7.67. The fourth-order valence-corrected chi connectivity index (χ4v) is 3.49. The molecule has 138 valence electrons. The molecule has 1 aromatic heterocycles. The summed E-state index contributed by atoms with van der Waals surface area (Å²) in [5, 5.41) is 30.3. The Balaban J connectivity index is 1.90. The summed E-state index contributed by atoms with van der Waals surface area (Å²) in [5.41, 5.74) is -0.855. The molecule has 0 spiro atoms. The van der Waals surface area contributed by atoms with Gasteiger partial charge in [-0.3, -0.25) is 0 Å². The SMILES string of the molecule is CC(C)(C)OC(O)CC1(O)CC(c2ccc(C#N)cc2F)n2cncc21. The van der Waals surface area contributed by atoms with Crippen molar-refractivity contribution in [1.82, 2.24) is 9.55 Å². The Morgan fingerprint density at radius 3 is 2.85 bits per heavy atom. The van der Waals surface area contributed by atoms with E-state index in [1.54, 1.807) is 16.7 Å². The average molecular weight is 359 g/mol. The number of aliphatic hydroxyl groups is 2. The van der Waals surface area contributed by atoms with Gasteiger partial charge in [0, 0.05) is 18.4 Å². The maximum atomic E-state index is 14.5. The van der Waals surface area contributed by atoms with Gasteiger partial charge in [-0.25, -0.2) is 9.37 Å². The van der Waals surface area contributed by atoms with Crippen LogP contribution in [-0.4, -0.2) is 31.7 Å². The molecule has 0 bridgehead atoms. The van der Waals surface area contributed by atoms with Crippen LogP contribution in [-0.2, 0) is 10.3 Å². The molecule has 0 saturated heterocycles. The molecule has 2 N–H and O–H groups in total. The smallest absolute Gasteiger partial charge is 0.158 e. The van der Waals surface area contributed by atoms with Gasteiger partial charge in [0.05, 0.1) is 41.5 Å². The van der Waals surface area contributed by atoms with Crippen LogP contribution >= 0.6 is 0 Å². The molecule has 0 aliphatic carbocycles. The van der Waals surface area contributed by atoms with E-state index in [0.29, 0.717) is 11.3 Å². The molecule has 0 amide bonds. The zero-order valence-corrected chi connectivity index (χ0v) is 15.0. The number of halogens is 1. The molecule has 1 aliphatic rings. The highest BCUT2D eigenvalue weighted by atomic mass is 19.1. The van der Waals surface area contributed by atoms with Gasteiger partial charge in [-0.1, -0.05) is 6.07 Å². The molecule has 0 radical (unpaired) electrons. The first-order valence-corrected chi connectivity index (χ1v) is 8.43. The number of benzene rings is 1. The topological polar surface area (TPSA) is 91.3 Å². The van der Waals surface area contributed by atoms with E-state index >= 15 is 0 Å². The van der Waals surface area contributed by atoms with E-state index in [0.717, 1.165) is 0 Å². The van der Waals surface area contributed by atoms with Crippen molar-refractivity contribution in [3.05, 3.63) is 53.4 Å². The van der Waals surface area contributed by atoms with E-state index in [1.165, 1.54) is 18.6 Å². The van der Waals surface area contributed by atoms with Gasteiger partial charge >= 0.3 is 0 Å². The minimum Gasteiger partial charge on any atom is -0.383 e. The van der Waals surface area contributed by atoms with Crippen molar-refractivity contribution in [3.63, 3.8) is 0 Å². The monoisotopic (exact) mass is 359 g/mol. The Morgan fingerprint density at radius 1 is 1.50 bits per heavy atom. The van der Waals surface area contributed by atoms with E-state index in [1.807, 2.05) is 26.8 Å². The fraction of sp³-hybridized carbons (Fsp3) is 0.474. The van der Waals surface area contributed by atoms with Gasteiger partial charge in [-0.15, -0.1) is 0 Å². The molecule has 1 aromatic carbocycles. The van der Waals surface area contributed by atoms with Gasteiger partial charge in [0.15, 0.2) is 6.29 Å². The second kappa shape index (κ2) is 6.47. The van der Waals surface area contributed by atoms with Crippen LogP contribution in [0.5, 0.6) is 0 Å². The van der Waals surface area contributed by atoms with Gasteiger partial charge < -0.3 is 19.5 Å². The first-order chi connectivity index (χ1) is 12.1. The number of hydrogen-bond acceptors (Lipinski definition) is 5. The Bertz CT molecular complexity index is 852. The Hall–Kier alpha value is -2.27. The number of ether oxygens (including phenoxy) is 1. The first-order valence-electron chi connectivity index (χ1n) is 8.43. The maximum absolute atomic E-state index is 14.5. The second-order valence-corrected chi connectivity index (χ2v) is 7.67. The van der Waals surface area contributed by atoms with Crippen molar-refractivity contribution in [1.29, 1.82) is 5.26 Å². The summed E-state index contributed by atoms with van der Waals surface area (Å²) < 4.78 is 21.7. The lowest BCUT2D eigenvalue weighted by molar-refractivity contribution is -0.192. The van der Waals surface area contributed by atoms with E-state index in [2.05, 4.69) is 4.98 Å². The number of aliphatic hydroxyl groups excluding tert-OH is 1. The van der Waals surface area contributed by atoms with Gasteiger partial charge in [-0.05, 0) is 32.9 Å². The number of nitrogens with zero attached hydrogens (tertiary/aromatic N) is 3. The number of fused-ring (bicyclic) bond motifs is 1. The lowest BCUT2D eigenvalue weighted by Gasteiger charge is -2.29. The number of rotatable bonds is 4. The van der Waals surface area contributed by atoms with Crippen LogP contribution in [0.4, 0.5) is 4.39 Å². The molecule has 2 aromatic rings. The number of imidazole rings is 1. The van der Waals surface area contributed by atoms with Crippen LogP contribution in [0.15, 0.2) is 30.7 Å². The van der Waals surface area contributed by atoms with E-state index < -0.39 is 29.4 Å². The summed E-state index contributed by atoms with van der Waals surface area (Å²) in [5.74, 6) is -0.510. The first kappa shape index (κ1) is 18.5. The van der Waals surface area contributed by atoms with E-state index in [4.69, 9.17) is 10.00 Å². The maximum Gasteiger partial charge on any atom is 0.158 e. The van der Waals surface area contributed by atoms with Crippen molar-refractivity contribution < 1.29 is 19.3 Å². The summed E-state index contributed by atoms with van der Waals surface area (Å²) in [4.78, 5) is 4.07. The van der Waals surface area contributed by atoms with Crippen molar-refractivity contribution in [2.75, 3.05) is 0 Å². The van der Waals surface area contributed by atoms with Gasteiger partial charge in [-0.2, -0.15) is 5.26 Å². The standard InChI is InChI=1S/C19H22FN3O3/c1-18(2,3)26-17(24)8-19(25)7-15(23-11-22-10-16(19)23)13-5-4-12(9-21)6-14(13)20/h4-6,10-11,15,17,24-25H,7-8H2,1-3H3. The van der Waals surface area contributed by atoms with Crippen molar-refractivity contribution in [2.45, 2.75) is 57.1 Å². The molecule has 6 nitrogen and oxygen atoms in total. The molecule has 3 unspecified atom stereocenters. The molecule has 0 saturated carbocycles. The van der Waals surface area contributed by atoms with E-state index in [-0.39, 0.29) is 18.4 Å². The lowest BCUT2D eigenvalue weighted by atomic mass is 9.90. The summed E-state index contributed by atoms with van der Waals surface area (Å²) in [7, 11) is 0. The van der Waals surface area contributed by atoms with Crippen LogP contribution in [0.2, 0.25) is 0 Å². The zero-order chi connectivity index (χ0) is 19.1.